The third-order valence-corrected chi connectivity index (χ3v) is 3.55. The molecule has 0 saturated carbocycles. The highest BCUT2D eigenvalue weighted by atomic mass is 16.5. The van der Waals surface area contributed by atoms with Gasteiger partial charge in [-0.1, -0.05) is 23.8 Å². The van der Waals surface area contributed by atoms with Crippen LogP contribution in [-0.4, -0.2) is 17.1 Å². The van der Waals surface area contributed by atoms with Crippen LogP contribution in [0.15, 0.2) is 36.4 Å². The number of ether oxygens (including phenoxy) is 1. The van der Waals surface area contributed by atoms with E-state index in [1.54, 1.807) is 7.11 Å². The summed E-state index contributed by atoms with van der Waals surface area (Å²) in [6.07, 6.45) is 0. The normalized spacial score (nSPS) is 10.8. The van der Waals surface area contributed by atoms with Crippen molar-refractivity contribution in [2.45, 2.75) is 13.8 Å². The summed E-state index contributed by atoms with van der Waals surface area (Å²) in [5.74, 6) is 1.82. The minimum absolute atomic E-state index is 0.488. The Bertz CT molecular complexity index is 828. The summed E-state index contributed by atoms with van der Waals surface area (Å²) in [6.45, 7) is 4.05. The van der Waals surface area contributed by atoms with Gasteiger partial charge in [0.25, 0.3) is 0 Å². The number of hydrogen-bond donors (Lipinski definition) is 1. The first-order valence-electron chi connectivity index (χ1n) is 6.78. The Hall–Kier alpha value is -2.62. The van der Waals surface area contributed by atoms with Gasteiger partial charge in [0.1, 0.15) is 11.6 Å². The zero-order valence-electron chi connectivity index (χ0n) is 12.3. The molecule has 0 bridgehead atoms. The summed E-state index contributed by atoms with van der Waals surface area (Å²) in [6, 6.07) is 11.9. The Morgan fingerprint density at radius 2 is 1.86 bits per heavy atom. The molecule has 2 N–H and O–H groups in total. The second kappa shape index (κ2) is 5.05. The molecule has 0 atom stereocenters. The van der Waals surface area contributed by atoms with Gasteiger partial charge in [-0.3, -0.25) is 0 Å². The number of aromatic nitrogens is 2. The number of benzene rings is 2. The zero-order chi connectivity index (χ0) is 15.0. The number of fused-ring (bicyclic) bond motifs is 1. The summed E-state index contributed by atoms with van der Waals surface area (Å²) in [5.41, 5.74) is 10.0. The number of hydrogen-bond acceptors (Lipinski definition) is 4. The highest BCUT2D eigenvalue weighted by Gasteiger charge is 2.13. The monoisotopic (exact) mass is 279 g/mol. The molecule has 0 spiro atoms. The van der Waals surface area contributed by atoms with Crippen LogP contribution in [-0.2, 0) is 0 Å². The van der Waals surface area contributed by atoms with Crippen LogP contribution in [0.1, 0.15) is 11.1 Å². The molecule has 0 aliphatic heterocycles. The lowest BCUT2D eigenvalue weighted by atomic mass is 10.1. The second-order valence-corrected chi connectivity index (χ2v) is 5.11. The maximum absolute atomic E-state index is 6.10. The van der Waals surface area contributed by atoms with E-state index in [4.69, 9.17) is 10.5 Å². The molecular formula is C17H17N3O. The van der Waals surface area contributed by atoms with E-state index in [0.29, 0.717) is 11.6 Å². The van der Waals surface area contributed by atoms with E-state index >= 15 is 0 Å². The third kappa shape index (κ3) is 2.29. The average Bonchev–Trinajstić information content (AvgIpc) is 2.48. The van der Waals surface area contributed by atoms with Gasteiger partial charge in [-0.2, -0.15) is 0 Å². The van der Waals surface area contributed by atoms with Crippen LogP contribution in [0.4, 0.5) is 5.82 Å². The zero-order valence-corrected chi connectivity index (χ0v) is 12.3. The number of anilines is 1. The van der Waals surface area contributed by atoms with Gasteiger partial charge in [0.15, 0.2) is 5.82 Å². The molecule has 0 aliphatic carbocycles. The van der Waals surface area contributed by atoms with Gasteiger partial charge in [-0.15, -0.1) is 0 Å². The predicted molar refractivity (Wildman–Crippen MR) is 85.4 cm³/mol. The topological polar surface area (TPSA) is 61.0 Å². The summed E-state index contributed by atoms with van der Waals surface area (Å²) in [5, 5.41) is 0.880. The van der Waals surface area contributed by atoms with Gasteiger partial charge in [-0.05, 0) is 37.6 Å². The molecule has 0 saturated heterocycles. The van der Waals surface area contributed by atoms with E-state index in [0.717, 1.165) is 33.3 Å². The van der Waals surface area contributed by atoms with E-state index in [1.807, 2.05) is 50.2 Å². The number of para-hydroxylation sites is 1. The molecule has 0 unspecified atom stereocenters. The Kier molecular flexibility index (Phi) is 3.22. The Labute approximate surface area is 123 Å². The Morgan fingerprint density at radius 3 is 2.62 bits per heavy atom. The summed E-state index contributed by atoms with van der Waals surface area (Å²) in [4.78, 5) is 9.13. The number of methoxy groups -OCH3 is 1. The van der Waals surface area contributed by atoms with Crippen molar-refractivity contribution in [2.75, 3.05) is 12.8 Å². The second-order valence-electron chi connectivity index (χ2n) is 5.11. The van der Waals surface area contributed by atoms with E-state index in [-0.39, 0.29) is 0 Å². The molecule has 106 valence electrons. The fourth-order valence-electron chi connectivity index (χ4n) is 2.44. The minimum atomic E-state index is 0.488. The molecule has 3 aromatic rings. The fourth-order valence-corrected chi connectivity index (χ4v) is 2.44. The van der Waals surface area contributed by atoms with Crippen molar-refractivity contribution in [3.8, 4) is 17.1 Å². The van der Waals surface area contributed by atoms with Gasteiger partial charge in [0.2, 0.25) is 0 Å². The Morgan fingerprint density at radius 1 is 1.05 bits per heavy atom. The smallest absolute Gasteiger partial charge is 0.165 e. The number of nitrogens with zero attached hydrogens (tertiary/aromatic N) is 2. The molecule has 21 heavy (non-hydrogen) atoms. The molecule has 0 fully saturated rings. The average molecular weight is 279 g/mol. The molecular weight excluding hydrogens is 262 g/mol. The molecule has 0 aliphatic rings. The highest BCUT2D eigenvalue weighted by molar-refractivity contribution is 5.91. The van der Waals surface area contributed by atoms with Crippen molar-refractivity contribution >= 4 is 16.7 Å². The number of nitrogen functional groups attached to an aromatic ring is 1. The molecule has 3 rings (SSSR count). The third-order valence-electron chi connectivity index (χ3n) is 3.55. The predicted octanol–water partition coefficient (Wildman–Crippen LogP) is 3.50. The number of nitrogens with two attached hydrogens (primary N) is 1. The highest BCUT2D eigenvalue weighted by Crippen LogP contribution is 2.31. The molecule has 0 radical (unpaired) electrons. The fraction of sp³-hybridized carbons (Fsp3) is 0.176. The van der Waals surface area contributed by atoms with Crippen molar-refractivity contribution in [3.63, 3.8) is 0 Å². The molecule has 4 nitrogen and oxygen atoms in total. The van der Waals surface area contributed by atoms with Gasteiger partial charge in [0, 0.05) is 5.39 Å². The summed E-state index contributed by atoms with van der Waals surface area (Å²) in [7, 11) is 1.64. The lowest BCUT2D eigenvalue weighted by molar-refractivity contribution is 0.416. The van der Waals surface area contributed by atoms with E-state index in [2.05, 4.69) is 9.97 Å². The van der Waals surface area contributed by atoms with Crippen molar-refractivity contribution in [1.82, 2.24) is 9.97 Å². The molecule has 0 amide bonds. The first-order valence-corrected chi connectivity index (χ1v) is 6.78. The number of aryl methyl sites for hydroxylation is 2. The van der Waals surface area contributed by atoms with Crippen LogP contribution in [0.3, 0.4) is 0 Å². The van der Waals surface area contributed by atoms with Crippen LogP contribution in [0.25, 0.3) is 22.3 Å². The summed E-state index contributed by atoms with van der Waals surface area (Å²) >= 11 is 0. The van der Waals surface area contributed by atoms with Crippen LogP contribution in [0, 0.1) is 13.8 Å². The first kappa shape index (κ1) is 13.4. The van der Waals surface area contributed by atoms with Crippen LogP contribution in [0.2, 0.25) is 0 Å². The number of rotatable bonds is 2. The molecule has 4 heteroatoms. The van der Waals surface area contributed by atoms with Crippen LogP contribution >= 0.6 is 0 Å². The lowest BCUT2D eigenvalue weighted by Gasteiger charge is -2.11. The van der Waals surface area contributed by atoms with Crippen molar-refractivity contribution in [3.05, 3.63) is 47.5 Å². The Balaban J connectivity index is 2.31. The van der Waals surface area contributed by atoms with E-state index in [9.17, 15) is 0 Å². The maximum atomic E-state index is 6.10. The van der Waals surface area contributed by atoms with Gasteiger partial charge < -0.3 is 10.5 Å². The van der Waals surface area contributed by atoms with Crippen molar-refractivity contribution in [2.24, 2.45) is 0 Å². The molecule has 1 heterocycles. The van der Waals surface area contributed by atoms with E-state index < -0.39 is 0 Å². The van der Waals surface area contributed by atoms with Crippen LogP contribution in [0.5, 0.6) is 5.75 Å². The first-order chi connectivity index (χ1) is 10.1. The standard InChI is InChI=1S/C17H17N3O/c1-10-7-8-14(21-3)13(9-10)17-19-15-11(2)5-4-6-12(15)16(18)20-17/h4-9H,1-3H3,(H2,18,19,20). The summed E-state index contributed by atoms with van der Waals surface area (Å²) < 4.78 is 5.42. The minimum Gasteiger partial charge on any atom is -0.496 e. The largest absolute Gasteiger partial charge is 0.496 e. The van der Waals surface area contributed by atoms with Gasteiger partial charge >= 0.3 is 0 Å². The van der Waals surface area contributed by atoms with Crippen molar-refractivity contribution in [1.29, 1.82) is 0 Å². The van der Waals surface area contributed by atoms with Gasteiger partial charge in [-0.25, -0.2) is 9.97 Å². The molecule has 2 aromatic carbocycles. The maximum Gasteiger partial charge on any atom is 0.165 e. The lowest BCUT2D eigenvalue weighted by Crippen LogP contribution is -2.00. The SMILES string of the molecule is COc1ccc(C)cc1-c1nc(N)c2cccc(C)c2n1. The quantitative estimate of drug-likeness (QED) is 0.780. The molecule has 1 aromatic heterocycles. The van der Waals surface area contributed by atoms with E-state index in [1.165, 1.54) is 0 Å². The van der Waals surface area contributed by atoms with Crippen LogP contribution < -0.4 is 10.5 Å². The van der Waals surface area contributed by atoms with Gasteiger partial charge in [0.05, 0.1) is 18.2 Å². The van der Waals surface area contributed by atoms with Crippen molar-refractivity contribution < 1.29 is 4.74 Å².